The van der Waals surface area contributed by atoms with Gasteiger partial charge in [-0.05, 0) is 74.5 Å². The Labute approximate surface area is 131 Å². The van der Waals surface area contributed by atoms with Gasteiger partial charge in [0.2, 0.25) is 0 Å². The number of rotatable bonds is 1. The third kappa shape index (κ3) is 2.00. The number of hydrogen-bond donors (Lipinski definition) is 2. The number of nitrogens with one attached hydrogen (secondary N) is 1. The van der Waals surface area contributed by atoms with Gasteiger partial charge in [0.25, 0.3) is 0 Å². The maximum atomic E-state index is 5.88. The summed E-state index contributed by atoms with van der Waals surface area (Å²) in [7, 11) is 0. The van der Waals surface area contributed by atoms with Crippen LogP contribution in [0.4, 0.5) is 11.4 Å². The van der Waals surface area contributed by atoms with Gasteiger partial charge in [0.1, 0.15) is 18.2 Å². The van der Waals surface area contributed by atoms with Gasteiger partial charge in [0.15, 0.2) is 0 Å². The van der Waals surface area contributed by atoms with Gasteiger partial charge in [-0.1, -0.05) is 0 Å². The summed E-state index contributed by atoms with van der Waals surface area (Å²) in [6.07, 6.45) is 8.21. The van der Waals surface area contributed by atoms with Crippen LogP contribution in [0.15, 0.2) is 23.2 Å². The molecule has 0 atom stereocenters. The number of ether oxygens (including phenoxy) is 1. The van der Waals surface area contributed by atoms with Gasteiger partial charge in [-0.2, -0.15) is 0 Å². The van der Waals surface area contributed by atoms with Gasteiger partial charge in [-0.25, -0.2) is 0 Å². The van der Waals surface area contributed by atoms with Crippen LogP contribution in [-0.4, -0.2) is 18.0 Å². The van der Waals surface area contributed by atoms with Crippen molar-refractivity contribution in [1.29, 1.82) is 0 Å². The molecule has 4 nitrogen and oxygen atoms in total. The van der Waals surface area contributed by atoms with E-state index in [-0.39, 0.29) is 5.54 Å². The van der Waals surface area contributed by atoms with Gasteiger partial charge in [0.05, 0.1) is 11.2 Å². The Morgan fingerprint density at radius 3 is 2.45 bits per heavy atom. The lowest BCUT2D eigenvalue weighted by molar-refractivity contribution is 0.00147. The molecule has 0 unspecified atom stereocenters. The number of nitrogen functional groups attached to an aromatic ring is 1. The standard InChI is InChI=1S/C18H23N3O/c19-14-1-2-16-15(6-14)20-17(10-22-16)21-18-7-11-3-12(8-18)5-13(4-11)9-18/h1-2,6,11-13H,3-5,7-10,19H2,(H,20,21). The fourth-order valence-corrected chi connectivity index (χ4v) is 5.66. The molecule has 22 heavy (non-hydrogen) atoms. The number of aliphatic imine (C=N–C) groups is 1. The topological polar surface area (TPSA) is 59.6 Å². The van der Waals surface area contributed by atoms with Crippen LogP contribution in [0.3, 0.4) is 0 Å². The minimum atomic E-state index is 0.193. The second kappa shape index (κ2) is 4.40. The average Bonchev–Trinajstić information content (AvgIpc) is 2.44. The molecule has 3 N–H and O–H groups in total. The molecule has 4 saturated carbocycles. The average molecular weight is 297 g/mol. The summed E-state index contributed by atoms with van der Waals surface area (Å²) in [5.41, 5.74) is 7.78. The molecule has 1 heterocycles. The minimum absolute atomic E-state index is 0.193. The van der Waals surface area contributed by atoms with Crippen LogP contribution >= 0.6 is 0 Å². The first-order valence-electron chi connectivity index (χ1n) is 8.56. The monoisotopic (exact) mass is 297 g/mol. The largest absolute Gasteiger partial charge is 0.484 e. The smallest absolute Gasteiger partial charge is 0.146 e. The van der Waals surface area contributed by atoms with Crippen molar-refractivity contribution < 1.29 is 4.74 Å². The Morgan fingerprint density at radius 2 is 1.77 bits per heavy atom. The van der Waals surface area contributed by atoms with E-state index in [4.69, 9.17) is 15.5 Å². The normalized spacial score (nSPS) is 40.2. The van der Waals surface area contributed by atoms with E-state index in [0.29, 0.717) is 6.61 Å². The fourth-order valence-electron chi connectivity index (χ4n) is 5.66. The molecule has 4 fully saturated rings. The Hall–Kier alpha value is -1.71. The molecule has 0 spiro atoms. The van der Waals surface area contributed by atoms with Crippen molar-refractivity contribution in [3.63, 3.8) is 0 Å². The van der Waals surface area contributed by atoms with E-state index in [1.807, 2.05) is 18.2 Å². The number of fused-ring (bicyclic) bond motifs is 1. The molecule has 116 valence electrons. The van der Waals surface area contributed by atoms with Crippen LogP contribution in [0, 0.1) is 17.8 Å². The highest BCUT2D eigenvalue weighted by atomic mass is 16.5. The van der Waals surface area contributed by atoms with E-state index < -0.39 is 0 Å². The second-order valence-electron chi connectivity index (χ2n) is 7.87. The van der Waals surface area contributed by atoms with Crippen LogP contribution in [0.5, 0.6) is 5.75 Å². The van der Waals surface area contributed by atoms with Crippen molar-refractivity contribution in [2.45, 2.75) is 44.1 Å². The van der Waals surface area contributed by atoms with Gasteiger partial charge >= 0.3 is 0 Å². The van der Waals surface area contributed by atoms with Crippen molar-refractivity contribution in [2.24, 2.45) is 22.7 Å². The van der Waals surface area contributed by atoms with Crippen LogP contribution in [0.25, 0.3) is 0 Å². The van der Waals surface area contributed by atoms with Crippen molar-refractivity contribution in [2.75, 3.05) is 17.7 Å². The van der Waals surface area contributed by atoms with Crippen LogP contribution in [-0.2, 0) is 0 Å². The van der Waals surface area contributed by atoms with Gasteiger partial charge < -0.3 is 15.8 Å². The number of amidine groups is 1. The molecule has 4 heteroatoms. The predicted molar refractivity (Wildman–Crippen MR) is 88.3 cm³/mol. The number of nitrogens with two attached hydrogens (primary N) is 1. The van der Waals surface area contributed by atoms with Crippen molar-refractivity contribution in [3.8, 4) is 5.75 Å². The van der Waals surface area contributed by atoms with Crippen molar-refractivity contribution >= 4 is 17.2 Å². The Balaban J connectivity index is 1.44. The summed E-state index contributed by atoms with van der Waals surface area (Å²) in [6.45, 7) is 0.554. The van der Waals surface area contributed by atoms with Crippen molar-refractivity contribution in [1.82, 2.24) is 0 Å². The highest BCUT2D eigenvalue weighted by Crippen LogP contribution is 2.57. The van der Waals surface area contributed by atoms with E-state index in [1.165, 1.54) is 38.5 Å². The zero-order valence-electron chi connectivity index (χ0n) is 12.8. The number of anilines is 2. The SMILES string of the molecule is Nc1ccc2c(c1)NC(=NC13CC4CC(CC(C4)C1)C3)CO2. The molecular formula is C18H23N3O. The molecule has 1 aliphatic heterocycles. The van der Waals surface area contributed by atoms with E-state index in [1.54, 1.807) is 0 Å². The Bertz CT molecular complexity index is 616. The lowest BCUT2D eigenvalue weighted by Crippen LogP contribution is -2.50. The highest BCUT2D eigenvalue weighted by Gasteiger charge is 2.51. The summed E-state index contributed by atoms with van der Waals surface area (Å²) in [5, 5.41) is 3.46. The lowest BCUT2D eigenvalue weighted by atomic mass is 9.53. The Kier molecular flexibility index (Phi) is 2.56. The van der Waals surface area contributed by atoms with Crippen LogP contribution < -0.4 is 15.8 Å². The molecule has 5 aliphatic rings. The molecule has 4 bridgehead atoms. The van der Waals surface area contributed by atoms with E-state index in [0.717, 1.165) is 40.7 Å². The molecule has 1 aromatic rings. The van der Waals surface area contributed by atoms with Crippen LogP contribution in [0.2, 0.25) is 0 Å². The van der Waals surface area contributed by atoms with Gasteiger partial charge in [0, 0.05) is 5.69 Å². The quantitative estimate of drug-likeness (QED) is 0.781. The lowest BCUT2D eigenvalue weighted by Gasteiger charge is -2.55. The summed E-state index contributed by atoms with van der Waals surface area (Å²) >= 11 is 0. The summed E-state index contributed by atoms with van der Waals surface area (Å²) in [5.74, 6) is 4.62. The van der Waals surface area contributed by atoms with Gasteiger partial charge in [-0.3, -0.25) is 4.99 Å². The third-order valence-corrected chi connectivity index (χ3v) is 6.03. The van der Waals surface area contributed by atoms with E-state index in [9.17, 15) is 0 Å². The fraction of sp³-hybridized carbons (Fsp3) is 0.611. The number of nitrogens with zero attached hydrogens (tertiary/aromatic N) is 1. The van der Waals surface area contributed by atoms with Gasteiger partial charge in [-0.15, -0.1) is 0 Å². The van der Waals surface area contributed by atoms with Crippen molar-refractivity contribution in [3.05, 3.63) is 18.2 Å². The zero-order chi connectivity index (χ0) is 14.7. The summed E-state index contributed by atoms with van der Waals surface area (Å²) in [4.78, 5) is 5.20. The molecule has 0 radical (unpaired) electrons. The Morgan fingerprint density at radius 1 is 1.09 bits per heavy atom. The first-order valence-corrected chi connectivity index (χ1v) is 8.56. The predicted octanol–water partition coefficient (Wildman–Crippen LogP) is 3.44. The molecule has 0 amide bonds. The molecule has 4 aliphatic carbocycles. The summed E-state index contributed by atoms with van der Waals surface area (Å²) < 4.78 is 5.86. The molecule has 0 saturated heterocycles. The molecule has 0 aromatic heterocycles. The van der Waals surface area contributed by atoms with E-state index >= 15 is 0 Å². The minimum Gasteiger partial charge on any atom is -0.484 e. The number of benzene rings is 1. The maximum Gasteiger partial charge on any atom is 0.146 e. The second-order valence-corrected chi connectivity index (χ2v) is 7.87. The van der Waals surface area contributed by atoms with Crippen LogP contribution in [0.1, 0.15) is 38.5 Å². The molecular weight excluding hydrogens is 274 g/mol. The first-order chi connectivity index (χ1) is 10.7. The zero-order valence-corrected chi connectivity index (χ0v) is 12.8. The number of hydrogen-bond acceptors (Lipinski definition) is 3. The maximum absolute atomic E-state index is 5.88. The highest BCUT2D eigenvalue weighted by molar-refractivity contribution is 6.00. The third-order valence-electron chi connectivity index (χ3n) is 6.03. The first kappa shape index (κ1) is 12.8. The molecule has 1 aromatic carbocycles. The van der Waals surface area contributed by atoms with E-state index in [2.05, 4.69) is 5.32 Å². The summed E-state index contributed by atoms with van der Waals surface area (Å²) in [6, 6.07) is 5.74. The molecule has 6 rings (SSSR count).